The Kier molecular flexibility index (Phi) is 6.59. The first-order valence-electron chi connectivity index (χ1n) is 9.78. The van der Waals surface area contributed by atoms with E-state index in [0.717, 1.165) is 35.3 Å². The fourth-order valence-corrected chi connectivity index (χ4v) is 3.63. The number of amides is 3. The van der Waals surface area contributed by atoms with E-state index in [1.165, 1.54) is 0 Å². The van der Waals surface area contributed by atoms with E-state index < -0.39 is 0 Å². The molecule has 29 heavy (non-hydrogen) atoms. The highest BCUT2D eigenvalue weighted by Crippen LogP contribution is 2.35. The molecule has 1 aliphatic rings. The number of ether oxygens (including phenoxy) is 1. The molecule has 7 heteroatoms. The highest BCUT2D eigenvalue weighted by molar-refractivity contribution is 5.84. The van der Waals surface area contributed by atoms with Crippen LogP contribution in [-0.2, 0) is 11.3 Å². The van der Waals surface area contributed by atoms with Crippen LogP contribution in [0.4, 0.5) is 10.5 Å². The largest absolute Gasteiger partial charge is 0.497 e. The van der Waals surface area contributed by atoms with Gasteiger partial charge in [0.25, 0.3) is 0 Å². The third-order valence-electron chi connectivity index (χ3n) is 5.25. The molecule has 0 aromatic heterocycles. The summed E-state index contributed by atoms with van der Waals surface area (Å²) in [6.07, 6.45) is 1.85. The molecular formula is C22H28N4O3. The van der Waals surface area contributed by atoms with Gasteiger partial charge >= 0.3 is 6.03 Å². The number of urea groups is 1. The molecule has 0 spiro atoms. The van der Waals surface area contributed by atoms with Gasteiger partial charge in [0, 0.05) is 18.8 Å². The third-order valence-corrected chi connectivity index (χ3v) is 5.25. The van der Waals surface area contributed by atoms with Crippen LogP contribution in [0.2, 0.25) is 0 Å². The number of benzene rings is 2. The lowest BCUT2D eigenvalue weighted by atomic mass is 9.99. The standard InChI is InChI=1S/C22H28N4O3/c1-15-5-10-18(29-2)12-19(15)20-4-3-11-26(20)21(27)14-25-22(28)24-13-16-6-8-17(23)9-7-16/h5-10,12,20H,3-4,11,13-14,23H2,1-2H3,(H2,24,25,28). The van der Waals surface area contributed by atoms with E-state index in [0.29, 0.717) is 18.8 Å². The minimum atomic E-state index is -0.372. The number of nitrogen functional groups attached to an aromatic ring is 1. The number of hydrogen-bond donors (Lipinski definition) is 3. The Labute approximate surface area is 171 Å². The van der Waals surface area contributed by atoms with Gasteiger partial charge in [-0.05, 0) is 60.7 Å². The summed E-state index contributed by atoms with van der Waals surface area (Å²) in [5.74, 6) is 0.697. The molecule has 1 atom stereocenters. The van der Waals surface area contributed by atoms with Crippen LogP contribution in [0.3, 0.4) is 0 Å². The lowest BCUT2D eigenvalue weighted by Crippen LogP contribution is -2.43. The van der Waals surface area contributed by atoms with Gasteiger partial charge in [0.2, 0.25) is 5.91 Å². The summed E-state index contributed by atoms with van der Waals surface area (Å²) < 4.78 is 5.34. The van der Waals surface area contributed by atoms with Gasteiger partial charge in [0.05, 0.1) is 19.7 Å². The van der Waals surface area contributed by atoms with Crippen LogP contribution in [0, 0.1) is 6.92 Å². The third kappa shape index (κ3) is 5.19. The summed E-state index contributed by atoms with van der Waals surface area (Å²) in [7, 11) is 1.64. The molecule has 1 heterocycles. The number of methoxy groups -OCH3 is 1. The molecular weight excluding hydrogens is 368 g/mol. The lowest BCUT2D eigenvalue weighted by molar-refractivity contribution is -0.131. The second-order valence-electron chi connectivity index (χ2n) is 7.25. The number of carbonyl (C=O) groups excluding carboxylic acids is 2. The van der Waals surface area contributed by atoms with Crippen molar-refractivity contribution < 1.29 is 14.3 Å². The number of hydrogen-bond acceptors (Lipinski definition) is 4. The normalized spacial score (nSPS) is 15.8. The number of anilines is 1. The van der Waals surface area contributed by atoms with E-state index >= 15 is 0 Å². The molecule has 1 saturated heterocycles. The van der Waals surface area contributed by atoms with Crippen molar-refractivity contribution in [2.45, 2.75) is 32.4 Å². The van der Waals surface area contributed by atoms with Crippen LogP contribution in [-0.4, -0.2) is 37.0 Å². The molecule has 1 fully saturated rings. The Morgan fingerprint density at radius 3 is 2.66 bits per heavy atom. The minimum Gasteiger partial charge on any atom is -0.497 e. The Bertz CT molecular complexity index is 867. The zero-order valence-electron chi connectivity index (χ0n) is 16.9. The number of nitrogens with zero attached hydrogens (tertiary/aromatic N) is 1. The fourth-order valence-electron chi connectivity index (χ4n) is 3.63. The fraction of sp³-hybridized carbons (Fsp3) is 0.364. The van der Waals surface area contributed by atoms with Crippen LogP contribution in [0.25, 0.3) is 0 Å². The summed E-state index contributed by atoms with van der Waals surface area (Å²) in [5.41, 5.74) is 9.50. The molecule has 7 nitrogen and oxygen atoms in total. The van der Waals surface area contributed by atoms with Gasteiger partial charge in [-0.3, -0.25) is 4.79 Å². The Balaban J connectivity index is 1.54. The topological polar surface area (TPSA) is 96.7 Å². The first kappa shape index (κ1) is 20.5. The molecule has 1 unspecified atom stereocenters. The molecule has 0 bridgehead atoms. The summed E-state index contributed by atoms with van der Waals surface area (Å²) >= 11 is 0. The number of likely N-dealkylation sites (tertiary alicyclic amines) is 1. The highest BCUT2D eigenvalue weighted by Gasteiger charge is 2.31. The van der Waals surface area contributed by atoms with Crippen LogP contribution in [0.5, 0.6) is 5.75 Å². The number of nitrogens with two attached hydrogens (primary N) is 1. The Morgan fingerprint density at radius 2 is 1.93 bits per heavy atom. The number of aryl methyl sites for hydroxylation is 1. The molecule has 1 aliphatic heterocycles. The molecule has 3 rings (SSSR count). The molecule has 2 aromatic carbocycles. The zero-order chi connectivity index (χ0) is 20.8. The molecule has 0 radical (unpaired) electrons. The second kappa shape index (κ2) is 9.32. The Hall–Kier alpha value is -3.22. The van der Waals surface area contributed by atoms with Crippen molar-refractivity contribution in [1.82, 2.24) is 15.5 Å². The smallest absolute Gasteiger partial charge is 0.315 e. The molecule has 0 saturated carbocycles. The summed E-state index contributed by atoms with van der Waals surface area (Å²) in [5, 5.41) is 5.41. The van der Waals surface area contributed by atoms with E-state index in [1.807, 2.05) is 42.2 Å². The van der Waals surface area contributed by atoms with Crippen molar-refractivity contribution in [3.05, 3.63) is 59.2 Å². The molecule has 0 aliphatic carbocycles. The second-order valence-corrected chi connectivity index (χ2v) is 7.25. The van der Waals surface area contributed by atoms with Gasteiger partial charge in [-0.15, -0.1) is 0 Å². The van der Waals surface area contributed by atoms with Crippen LogP contribution < -0.4 is 21.1 Å². The molecule has 3 amide bonds. The maximum absolute atomic E-state index is 12.7. The predicted molar refractivity (Wildman–Crippen MR) is 113 cm³/mol. The van der Waals surface area contributed by atoms with Gasteiger partial charge in [-0.2, -0.15) is 0 Å². The summed E-state index contributed by atoms with van der Waals surface area (Å²) in [4.78, 5) is 26.7. The van der Waals surface area contributed by atoms with Gasteiger partial charge in [-0.25, -0.2) is 4.79 Å². The zero-order valence-corrected chi connectivity index (χ0v) is 16.9. The van der Waals surface area contributed by atoms with Crippen molar-refractivity contribution >= 4 is 17.6 Å². The van der Waals surface area contributed by atoms with Gasteiger partial charge in [-0.1, -0.05) is 18.2 Å². The maximum Gasteiger partial charge on any atom is 0.315 e. The van der Waals surface area contributed by atoms with Crippen LogP contribution >= 0.6 is 0 Å². The van der Waals surface area contributed by atoms with E-state index in [2.05, 4.69) is 10.6 Å². The van der Waals surface area contributed by atoms with Crippen LogP contribution in [0.1, 0.15) is 35.6 Å². The number of rotatable bonds is 6. The first-order chi connectivity index (χ1) is 14.0. The van der Waals surface area contributed by atoms with Gasteiger partial charge in [0.1, 0.15) is 5.75 Å². The van der Waals surface area contributed by atoms with E-state index in [-0.39, 0.29) is 24.5 Å². The average molecular weight is 396 g/mol. The van der Waals surface area contributed by atoms with Gasteiger partial charge < -0.3 is 26.0 Å². The SMILES string of the molecule is COc1ccc(C)c(C2CCCN2C(=O)CNC(=O)NCc2ccc(N)cc2)c1. The van der Waals surface area contributed by atoms with Crippen molar-refractivity contribution in [2.24, 2.45) is 0 Å². The summed E-state index contributed by atoms with van der Waals surface area (Å²) in [6, 6.07) is 12.8. The maximum atomic E-state index is 12.7. The lowest BCUT2D eigenvalue weighted by Gasteiger charge is -2.27. The van der Waals surface area contributed by atoms with E-state index in [9.17, 15) is 9.59 Å². The molecule has 154 valence electrons. The molecule has 4 N–H and O–H groups in total. The van der Waals surface area contributed by atoms with Crippen molar-refractivity contribution in [3.63, 3.8) is 0 Å². The van der Waals surface area contributed by atoms with Crippen LogP contribution in [0.15, 0.2) is 42.5 Å². The van der Waals surface area contributed by atoms with Crippen molar-refractivity contribution in [2.75, 3.05) is 25.9 Å². The van der Waals surface area contributed by atoms with E-state index in [1.54, 1.807) is 19.2 Å². The van der Waals surface area contributed by atoms with Gasteiger partial charge in [0.15, 0.2) is 0 Å². The van der Waals surface area contributed by atoms with E-state index in [4.69, 9.17) is 10.5 Å². The number of carbonyl (C=O) groups is 2. The van der Waals surface area contributed by atoms with Crippen molar-refractivity contribution in [1.29, 1.82) is 0 Å². The average Bonchev–Trinajstić information content (AvgIpc) is 3.21. The monoisotopic (exact) mass is 396 g/mol. The predicted octanol–water partition coefficient (Wildman–Crippen LogP) is 2.75. The summed E-state index contributed by atoms with van der Waals surface area (Å²) in [6.45, 7) is 3.07. The Morgan fingerprint density at radius 1 is 1.17 bits per heavy atom. The minimum absolute atomic E-state index is 0.0113. The number of nitrogens with one attached hydrogen (secondary N) is 2. The van der Waals surface area contributed by atoms with Crippen molar-refractivity contribution in [3.8, 4) is 5.75 Å². The quantitative estimate of drug-likeness (QED) is 0.654. The first-order valence-corrected chi connectivity index (χ1v) is 9.78. The molecule has 2 aromatic rings. The highest BCUT2D eigenvalue weighted by atomic mass is 16.5.